The molecule has 0 heterocycles. The second-order valence-electron chi connectivity index (χ2n) is 10.9. The molecule has 35 heavy (non-hydrogen) atoms. The molecule has 3 rings (SSSR count). The molecule has 1 unspecified atom stereocenters. The predicted octanol–water partition coefficient (Wildman–Crippen LogP) is 5.34. The van der Waals surface area contributed by atoms with E-state index in [2.05, 4.69) is 21.3 Å². The van der Waals surface area contributed by atoms with E-state index in [1.165, 1.54) is 19.8 Å². The number of amides is 4. The number of rotatable bonds is 8. The van der Waals surface area contributed by atoms with E-state index in [4.69, 9.17) is 0 Å². The molecule has 5 N–H and O–H groups in total. The summed E-state index contributed by atoms with van der Waals surface area (Å²) in [6.45, 7) is 3.35. The Bertz CT molecular complexity index is 763. The van der Waals surface area contributed by atoms with Crippen molar-refractivity contribution in [1.29, 1.82) is 0 Å². The molecule has 8 nitrogen and oxygen atoms in total. The van der Waals surface area contributed by atoms with Gasteiger partial charge in [-0.2, -0.15) is 0 Å². The van der Waals surface area contributed by atoms with Gasteiger partial charge in [0.05, 0.1) is 17.2 Å². The van der Waals surface area contributed by atoms with Gasteiger partial charge in [0.25, 0.3) is 0 Å². The van der Waals surface area contributed by atoms with Gasteiger partial charge in [-0.05, 0) is 57.8 Å². The van der Waals surface area contributed by atoms with E-state index in [9.17, 15) is 19.5 Å². The maximum atomic E-state index is 13.2. The molecule has 0 bridgehead atoms. The van der Waals surface area contributed by atoms with E-state index in [1.54, 1.807) is 0 Å². The van der Waals surface area contributed by atoms with Crippen LogP contribution in [0.5, 0.6) is 0 Å². The third-order valence-electron chi connectivity index (χ3n) is 8.44. The van der Waals surface area contributed by atoms with Gasteiger partial charge in [0.1, 0.15) is 0 Å². The molecule has 0 aliphatic heterocycles. The van der Waals surface area contributed by atoms with Crippen LogP contribution in [0.15, 0.2) is 11.3 Å². The van der Waals surface area contributed by atoms with Crippen LogP contribution in [0.1, 0.15) is 117 Å². The van der Waals surface area contributed by atoms with Gasteiger partial charge in [-0.1, -0.05) is 64.7 Å². The number of carboxylic acids is 1. The molecule has 0 spiro atoms. The van der Waals surface area contributed by atoms with E-state index >= 15 is 0 Å². The first kappa shape index (κ1) is 27.3. The van der Waals surface area contributed by atoms with Crippen molar-refractivity contribution in [3.63, 3.8) is 0 Å². The smallest absolute Gasteiger partial charge is 0.333 e. The molecule has 3 aliphatic carbocycles. The van der Waals surface area contributed by atoms with Crippen LogP contribution in [0.25, 0.3) is 0 Å². The number of carbonyl (C=O) groups excluding carboxylic acids is 2. The summed E-state index contributed by atoms with van der Waals surface area (Å²) >= 11 is 0. The van der Waals surface area contributed by atoms with Crippen LogP contribution in [0, 0.1) is 5.92 Å². The SMILES string of the molecule is CC/C(NC(=O)NC1(C(NC(=O)NC2CCCCC2)C2CCCCC2)CCCCC1)=C(/C)C(=O)O. The number of aliphatic carboxylic acids is 1. The Labute approximate surface area is 210 Å². The maximum Gasteiger partial charge on any atom is 0.333 e. The Kier molecular flexibility index (Phi) is 10.3. The highest BCUT2D eigenvalue weighted by atomic mass is 16.4. The van der Waals surface area contributed by atoms with Crippen LogP contribution in [0.4, 0.5) is 9.59 Å². The second-order valence-corrected chi connectivity index (χ2v) is 10.9. The van der Waals surface area contributed by atoms with Gasteiger partial charge < -0.3 is 26.4 Å². The summed E-state index contributed by atoms with van der Waals surface area (Å²) in [5.41, 5.74) is 0.0249. The highest BCUT2D eigenvalue weighted by Crippen LogP contribution is 2.39. The highest BCUT2D eigenvalue weighted by Gasteiger charge is 2.46. The highest BCUT2D eigenvalue weighted by molar-refractivity contribution is 5.88. The first-order valence-corrected chi connectivity index (χ1v) is 13.9. The Balaban J connectivity index is 1.80. The molecule has 3 saturated carbocycles. The summed E-state index contributed by atoms with van der Waals surface area (Å²) in [5, 5.41) is 22.0. The van der Waals surface area contributed by atoms with Crippen molar-refractivity contribution in [3.8, 4) is 0 Å². The molecule has 0 saturated heterocycles. The van der Waals surface area contributed by atoms with Crippen molar-refractivity contribution in [2.75, 3.05) is 0 Å². The average Bonchev–Trinajstić information content (AvgIpc) is 2.87. The molecule has 0 aromatic rings. The molecular formula is C27H46N4O4. The monoisotopic (exact) mass is 490 g/mol. The lowest BCUT2D eigenvalue weighted by Gasteiger charge is -2.48. The third kappa shape index (κ3) is 7.61. The minimum atomic E-state index is -1.03. The largest absolute Gasteiger partial charge is 0.478 e. The Hall–Kier alpha value is -2.25. The lowest BCUT2D eigenvalue weighted by atomic mass is 9.68. The average molecular weight is 491 g/mol. The molecule has 3 fully saturated rings. The molecular weight excluding hydrogens is 444 g/mol. The number of carbonyl (C=O) groups is 3. The zero-order chi connectivity index (χ0) is 25.3. The lowest BCUT2D eigenvalue weighted by molar-refractivity contribution is -0.132. The van der Waals surface area contributed by atoms with E-state index in [-0.39, 0.29) is 29.7 Å². The summed E-state index contributed by atoms with van der Waals surface area (Å²) < 4.78 is 0. The van der Waals surface area contributed by atoms with Crippen molar-refractivity contribution >= 4 is 18.0 Å². The van der Waals surface area contributed by atoms with Gasteiger partial charge in [0, 0.05) is 11.7 Å². The Morgan fingerprint density at radius 2 is 1.43 bits per heavy atom. The Morgan fingerprint density at radius 1 is 0.857 bits per heavy atom. The summed E-state index contributed by atoms with van der Waals surface area (Å²) in [5.74, 6) is -0.711. The van der Waals surface area contributed by atoms with Crippen LogP contribution < -0.4 is 21.3 Å². The number of carboxylic acid groups (broad SMARTS) is 1. The molecule has 1 atom stereocenters. The normalized spacial score (nSPS) is 22.9. The standard InChI is InChI=1S/C27H46N4O4/c1-3-22(19(2)24(32)33)29-26(35)31-27(17-11-6-12-18-27)23(20-13-7-4-8-14-20)30-25(34)28-21-15-9-5-10-16-21/h20-21,23H,3-18H2,1-2H3,(H,32,33)(H2,28,30,34)(H2,29,31,35)/b22-19+. The number of nitrogens with one attached hydrogen (secondary N) is 4. The van der Waals surface area contributed by atoms with Crippen molar-refractivity contribution < 1.29 is 19.5 Å². The van der Waals surface area contributed by atoms with Crippen LogP contribution in [-0.2, 0) is 4.79 Å². The predicted molar refractivity (Wildman–Crippen MR) is 137 cm³/mol. The molecule has 3 aliphatic rings. The van der Waals surface area contributed by atoms with E-state index in [1.807, 2.05) is 6.92 Å². The third-order valence-corrected chi connectivity index (χ3v) is 8.44. The van der Waals surface area contributed by atoms with E-state index < -0.39 is 11.5 Å². The van der Waals surface area contributed by atoms with Crippen LogP contribution in [-0.4, -0.2) is 40.8 Å². The van der Waals surface area contributed by atoms with E-state index in [0.717, 1.165) is 83.5 Å². The molecule has 0 radical (unpaired) electrons. The first-order chi connectivity index (χ1) is 16.8. The van der Waals surface area contributed by atoms with Gasteiger partial charge in [0.2, 0.25) is 0 Å². The molecule has 8 heteroatoms. The first-order valence-electron chi connectivity index (χ1n) is 13.9. The molecule has 4 amide bonds. The van der Waals surface area contributed by atoms with Gasteiger partial charge in [0.15, 0.2) is 0 Å². The summed E-state index contributed by atoms with van der Waals surface area (Å²) in [6.07, 6.45) is 16.4. The topological polar surface area (TPSA) is 120 Å². The minimum Gasteiger partial charge on any atom is -0.478 e. The number of hydrogen-bond acceptors (Lipinski definition) is 3. The zero-order valence-electron chi connectivity index (χ0n) is 21.7. The fourth-order valence-corrected chi connectivity index (χ4v) is 6.46. The quantitative estimate of drug-likeness (QED) is 0.295. The zero-order valence-corrected chi connectivity index (χ0v) is 21.7. The van der Waals surface area contributed by atoms with E-state index in [0.29, 0.717) is 18.0 Å². The van der Waals surface area contributed by atoms with Crippen LogP contribution >= 0.6 is 0 Å². The molecule has 198 valence electrons. The molecule has 0 aromatic heterocycles. The van der Waals surface area contributed by atoms with Gasteiger partial charge in [-0.25, -0.2) is 14.4 Å². The van der Waals surface area contributed by atoms with Gasteiger partial charge in [-0.15, -0.1) is 0 Å². The summed E-state index contributed by atoms with van der Waals surface area (Å²) in [6, 6.07) is -0.409. The van der Waals surface area contributed by atoms with Crippen molar-refractivity contribution in [3.05, 3.63) is 11.3 Å². The number of hydrogen-bond donors (Lipinski definition) is 5. The van der Waals surface area contributed by atoms with Gasteiger partial charge in [-0.3, -0.25) is 0 Å². The lowest BCUT2D eigenvalue weighted by Crippen LogP contribution is -2.67. The maximum absolute atomic E-state index is 13.2. The number of allylic oxidation sites excluding steroid dienone is 1. The molecule has 0 aromatic carbocycles. The van der Waals surface area contributed by atoms with Crippen LogP contribution in [0.2, 0.25) is 0 Å². The summed E-state index contributed by atoms with van der Waals surface area (Å²) in [7, 11) is 0. The minimum absolute atomic E-state index is 0.115. The van der Waals surface area contributed by atoms with Crippen molar-refractivity contribution in [2.24, 2.45) is 5.92 Å². The Morgan fingerprint density at radius 3 is 2.00 bits per heavy atom. The fourth-order valence-electron chi connectivity index (χ4n) is 6.46. The second kappa shape index (κ2) is 13.2. The van der Waals surface area contributed by atoms with Gasteiger partial charge >= 0.3 is 18.0 Å². The number of urea groups is 2. The summed E-state index contributed by atoms with van der Waals surface area (Å²) in [4.78, 5) is 37.9. The van der Waals surface area contributed by atoms with Crippen molar-refractivity contribution in [1.82, 2.24) is 21.3 Å². The fraction of sp³-hybridized carbons (Fsp3) is 0.815. The van der Waals surface area contributed by atoms with Crippen molar-refractivity contribution in [2.45, 2.75) is 134 Å². The van der Waals surface area contributed by atoms with Crippen LogP contribution in [0.3, 0.4) is 0 Å².